The van der Waals surface area contributed by atoms with Crippen molar-refractivity contribution in [2.24, 2.45) is 0 Å². The van der Waals surface area contributed by atoms with E-state index in [9.17, 15) is 4.79 Å². The molecule has 0 radical (unpaired) electrons. The minimum atomic E-state index is -0.693. The van der Waals surface area contributed by atoms with Crippen LogP contribution in [-0.4, -0.2) is 56.3 Å². The number of fused-ring (bicyclic) bond motifs is 1. The van der Waals surface area contributed by atoms with E-state index in [0.29, 0.717) is 31.8 Å². The SMILES string of the molecule is C=C1[C@@H](OCc2ccccc2)[C@@H]2O[C@]3(CC[C@H](COCc4ccc(OC)cc4)O3)CC[C@H]2O[C@@H]1C=O. The molecular weight excluding hydrogens is 460 g/mol. The molecule has 6 atom stereocenters. The first-order chi connectivity index (χ1) is 17.6. The van der Waals surface area contributed by atoms with E-state index >= 15 is 0 Å². The molecule has 0 amide bonds. The van der Waals surface area contributed by atoms with E-state index in [0.717, 1.165) is 42.4 Å². The van der Waals surface area contributed by atoms with Crippen molar-refractivity contribution in [3.63, 3.8) is 0 Å². The average molecular weight is 495 g/mol. The monoisotopic (exact) mass is 494 g/mol. The molecule has 3 saturated heterocycles. The predicted octanol–water partition coefficient (Wildman–Crippen LogP) is 4.37. The normalized spacial score (nSPS) is 31.8. The fraction of sp³-hybridized carbons (Fsp3) is 0.483. The summed E-state index contributed by atoms with van der Waals surface area (Å²) in [5.74, 6) is 0.133. The van der Waals surface area contributed by atoms with Gasteiger partial charge in [0.05, 0.1) is 39.1 Å². The van der Waals surface area contributed by atoms with Crippen LogP contribution in [0.2, 0.25) is 0 Å². The van der Waals surface area contributed by atoms with Crippen LogP contribution in [0.5, 0.6) is 5.75 Å². The molecule has 0 aromatic heterocycles. The fourth-order valence-corrected chi connectivity index (χ4v) is 5.26. The number of ether oxygens (including phenoxy) is 6. The zero-order chi connectivity index (χ0) is 25.0. The van der Waals surface area contributed by atoms with Crippen molar-refractivity contribution < 1.29 is 33.2 Å². The van der Waals surface area contributed by atoms with Crippen LogP contribution in [0, 0.1) is 0 Å². The molecule has 3 aliphatic heterocycles. The largest absolute Gasteiger partial charge is 0.497 e. The van der Waals surface area contributed by atoms with E-state index in [1.807, 2.05) is 54.6 Å². The fourth-order valence-electron chi connectivity index (χ4n) is 5.26. The highest BCUT2D eigenvalue weighted by atomic mass is 16.7. The predicted molar refractivity (Wildman–Crippen MR) is 132 cm³/mol. The van der Waals surface area contributed by atoms with Gasteiger partial charge in [-0.2, -0.15) is 0 Å². The molecular formula is C29H34O7. The van der Waals surface area contributed by atoms with Crippen LogP contribution in [-0.2, 0) is 41.7 Å². The van der Waals surface area contributed by atoms with Crippen molar-refractivity contribution in [3.8, 4) is 5.75 Å². The summed E-state index contributed by atoms with van der Waals surface area (Å²) in [6.07, 6.45) is 2.05. The quantitative estimate of drug-likeness (QED) is 0.379. The highest BCUT2D eigenvalue weighted by molar-refractivity contribution is 5.62. The van der Waals surface area contributed by atoms with Gasteiger partial charge in [-0.05, 0) is 41.7 Å². The lowest BCUT2D eigenvalue weighted by atomic mass is 9.87. The Morgan fingerprint density at radius 2 is 1.75 bits per heavy atom. The zero-order valence-corrected chi connectivity index (χ0v) is 20.7. The molecule has 2 aromatic carbocycles. The van der Waals surface area contributed by atoms with Gasteiger partial charge in [-0.15, -0.1) is 0 Å². The summed E-state index contributed by atoms with van der Waals surface area (Å²) in [5.41, 5.74) is 2.73. The molecule has 1 spiro atoms. The van der Waals surface area contributed by atoms with E-state index in [4.69, 9.17) is 28.4 Å². The van der Waals surface area contributed by atoms with Crippen molar-refractivity contribution in [1.82, 2.24) is 0 Å². The molecule has 3 aliphatic rings. The Balaban J connectivity index is 1.19. The minimum absolute atomic E-state index is 0.0427. The van der Waals surface area contributed by atoms with E-state index in [1.54, 1.807) is 7.11 Å². The van der Waals surface area contributed by atoms with Gasteiger partial charge in [0.15, 0.2) is 12.1 Å². The number of aldehydes is 1. The Bertz CT molecular complexity index is 1020. The number of rotatable bonds is 9. The molecule has 3 fully saturated rings. The maximum Gasteiger partial charge on any atom is 0.169 e. The lowest BCUT2D eigenvalue weighted by Crippen LogP contribution is -2.59. The number of benzene rings is 2. The van der Waals surface area contributed by atoms with Gasteiger partial charge >= 0.3 is 0 Å². The molecule has 3 heterocycles. The van der Waals surface area contributed by atoms with Crippen LogP contribution in [0.4, 0.5) is 0 Å². The van der Waals surface area contributed by atoms with E-state index < -0.39 is 18.0 Å². The molecule has 2 aromatic rings. The molecule has 36 heavy (non-hydrogen) atoms. The minimum Gasteiger partial charge on any atom is -0.497 e. The first-order valence-corrected chi connectivity index (χ1v) is 12.6. The van der Waals surface area contributed by atoms with Crippen LogP contribution in [0.25, 0.3) is 0 Å². The third-order valence-electron chi connectivity index (χ3n) is 7.23. The highest BCUT2D eigenvalue weighted by Crippen LogP contribution is 2.45. The summed E-state index contributed by atoms with van der Waals surface area (Å²) < 4.78 is 36.5. The van der Waals surface area contributed by atoms with Crippen LogP contribution in [0.15, 0.2) is 66.7 Å². The van der Waals surface area contributed by atoms with E-state index in [1.165, 1.54) is 0 Å². The maximum atomic E-state index is 11.7. The first-order valence-electron chi connectivity index (χ1n) is 12.6. The summed E-state index contributed by atoms with van der Waals surface area (Å²) in [6.45, 7) is 5.54. The van der Waals surface area contributed by atoms with Crippen molar-refractivity contribution >= 4 is 6.29 Å². The van der Waals surface area contributed by atoms with Crippen molar-refractivity contribution in [2.75, 3.05) is 13.7 Å². The van der Waals surface area contributed by atoms with E-state index in [2.05, 4.69) is 6.58 Å². The van der Waals surface area contributed by atoms with Crippen LogP contribution in [0.3, 0.4) is 0 Å². The van der Waals surface area contributed by atoms with Gasteiger partial charge in [-0.1, -0.05) is 49.0 Å². The second kappa shape index (κ2) is 11.2. The topological polar surface area (TPSA) is 72.5 Å². The van der Waals surface area contributed by atoms with Gasteiger partial charge in [0.25, 0.3) is 0 Å². The average Bonchev–Trinajstić information content (AvgIpc) is 3.31. The molecule has 7 nitrogen and oxygen atoms in total. The molecule has 0 bridgehead atoms. The molecule has 0 N–H and O–H groups in total. The van der Waals surface area contributed by atoms with Crippen molar-refractivity contribution in [1.29, 1.82) is 0 Å². The summed E-state index contributed by atoms with van der Waals surface area (Å²) >= 11 is 0. The Hall–Kier alpha value is -2.55. The summed E-state index contributed by atoms with van der Waals surface area (Å²) in [6, 6.07) is 17.8. The zero-order valence-electron chi connectivity index (χ0n) is 20.7. The Morgan fingerprint density at radius 1 is 1.00 bits per heavy atom. The number of hydrogen-bond donors (Lipinski definition) is 0. The molecule has 0 aliphatic carbocycles. The first kappa shape index (κ1) is 25.1. The molecule has 0 saturated carbocycles. The third kappa shape index (κ3) is 5.56. The number of carbonyl (C=O) groups excluding carboxylic acids is 1. The van der Waals surface area contributed by atoms with Crippen molar-refractivity contribution in [3.05, 3.63) is 77.9 Å². The highest BCUT2D eigenvalue weighted by Gasteiger charge is 2.53. The summed E-state index contributed by atoms with van der Waals surface area (Å²) in [5, 5.41) is 0. The number of methoxy groups -OCH3 is 1. The van der Waals surface area contributed by atoms with Gasteiger partial charge in [-0.3, -0.25) is 0 Å². The lowest BCUT2D eigenvalue weighted by Gasteiger charge is -2.49. The molecule has 0 unspecified atom stereocenters. The van der Waals surface area contributed by atoms with Gasteiger partial charge in [0.2, 0.25) is 0 Å². The Morgan fingerprint density at radius 3 is 2.50 bits per heavy atom. The summed E-state index contributed by atoms with van der Waals surface area (Å²) in [7, 11) is 1.65. The van der Waals surface area contributed by atoms with Crippen LogP contribution >= 0.6 is 0 Å². The number of hydrogen-bond acceptors (Lipinski definition) is 7. The van der Waals surface area contributed by atoms with Crippen LogP contribution < -0.4 is 4.74 Å². The van der Waals surface area contributed by atoms with Gasteiger partial charge in [-0.25, -0.2) is 0 Å². The van der Waals surface area contributed by atoms with Gasteiger partial charge < -0.3 is 33.2 Å². The number of carbonyl (C=O) groups is 1. The molecule has 5 rings (SSSR count). The van der Waals surface area contributed by atoms with Crippen LogP contribution in [0.1, 0.15) is 36.8 Å². The second-order valence-corrected chi connectivity index (χ2v) is 9.70. The maximum absolute atomic E-state index is 11.7. The molecule has 192 valence electrons. The lowest BCUT2D eigenvalue weighted by molar-refractivity contribution is -0.321. The van der Waals surface area contributed by atoms with Crippen molar-refractivity contribution in [2.45, 2.75) is 75.2 Å². The molecule has 7 heteroatoms. The Labute approximate surface area is 212 Å². The van der Waals surface area contributed by atoms with Gasteiger partial charge in [0, 0.05) is 12.8 Å². The third-order valence-corrected chi connectivity index (χ3v) is 7.23. The Kier molecular flexibility index (Phi) is 7.84. The standard InChI is InChI=1S/C29H34O7/c1-20-26(16-30)34-25-13-15-29(36-28(25)27(20)33-18-21-6-4-3-5-7-21)14-12-24(35-29)19-32-17-22-8-10-23(31-2)11-9-22/h3-11,16,24-28H,1,12-15,17-19H2,2H3/t24-,25-,26-,27-,28-,29-/m1/s1. The second-order valence-electron chi connectivity index (χ2n) is 9.70. The smallest absolute Gasteiger partial charge is 0.169 e. The summed E-state index contributed by atoms with van der Waals surface area (Å²) in [4.78, 5) is 11.7. The van der Waals surface area contributed by atoms with E-state index in [-0.39, 0.29) is 18.3 Å². The van der Waals surface area contributed by atoms with Gasteiger partial charge in [0.1, 0.15) is 24.1 Å².